The average molecular weight is 180 g/mol. The van der Waals surface area contributed by atoms with Crippen molar-refractivity contribution in [1.29, 1.82) is 0 Å². The van der Waals surface area contributed by atoms with Gasteiger partial charge in [-0.15, -0.1) is 0 Å². The molecule has 0 aromatic rings. The second-order valence-corrected chi connectivity index (χ2v) is 3.77. The number of hydrogen-bond acceptors (Lipinski definition) is 3. The third-order valence-electron chi connectivity index (χ3n) is 1.21. The Bertz CT molecular complexity index is 161. The van der Waals surface area contributed by atoms with Gasteiger partial charge in [0.15, 0.2) is 5.17 Å². The summed E-state index contributed by atoms with van der Waals surface area (Å²) in [6.07, 6.45) is -2.30. The predicted octanol–water partition coefficient (Wildman–Crippen LogP) is 1.33. The van der Waals surface area contributed by atoms with Crippen molar-refractivity contribution in [2.45, 2.75) is 18.6 Å². The Labute approximate surface area is 68.5 Å². The topological polar surface area (TPSA) is 24.4 Å². The van der Waals surface area contributed by atoms with Crippen molar-refractivity contribution in [2.75, 3.05) is 13.1 Å². The average Bonchev–Trinajstić information content (AvgIpc) is 2.31. The molecular formula is C6H10F2N2S. The van der Waals surface area contributed by atoms with Crippen molar-refractivity contribution in [3.8, 4) is 0 Å². The van der Waals surface area contributed by atoms with E-state index in [1.807, 2.05) is 6.92 Å². The summed E-state index contributed by atoms with van der Waals surface area (Å²) in [5.41, 5.74) is 0. The van der Waals surface area contributed by atoms with E-state index in [4.69, 9.17) is 0 Å². The molecule has 1 atom stereocenters. The number of nitrogens with one attached hydrogen (secondary N) is 1. The molecule has 0 saturated carbocycles. The molecule has 1 rings (SSSR count). The van der Waals surface area contributed by atoms with E-state index in [0.717, 1.165) is 6.54 Å². The van der Waals surface area contributed by atoms with E-state index in [0.29, 0.717) is 10.4 Å². The number of nitrogens with zero attached hydrogens (tertiary/aromatic N) is 1. The Hall–Kier alpha value is -0.320. The molecule has 0 aromatic carbocycles. The molecule has 1 aliphatic heterocycles. The zero-order valence-corrected chi connectivity index (χ0v) is 7.00. The van der Waals surface area contributed by atoms with Gasteiger partial charge < -0.3 is 5.32 Å². The number of aliphatic imine (C=N–C) groups is 1. The van der Waals surface area contributed by atoms with Crippen LogP contribution in [0.1, 0.15) is 6.92 Å². The Balaban J connectivity index is 2.18. The monoisotopic (exact) mass is 180 g/mol. The molecular weight excluding hydrogens is 170 g/mol. The molecule has 0 spiro atoms. The van der Waals surface area contributed by atoms with E-state index in [1.165, 1.54) is 11.8 Å². The highest BCUT2D eigenvalue weighted by Gasteiger charge is 2.15. The summed E-state index contributed by atoms with van der Waals surface area (Å²) in [7, 11) is 0. The second-order valence-electron chi connectivity index (χ2n) is 2.35. The maximum atomic E-state index is 11.7. The van der Waals surface area contributed by atoms with Crippen molar-refractivity contribution in [2.24, 2.45) is 4.99 Å². The van der Waals surface area contributed by atoms with Crippen molar-refractivity contribution in [3.05, 3.63) is 0 Å². The van der Waals surface area contributed by atoms with Crippen LogP contribution in [0.2, 0.25) is 0 Å². The van der Waals surface area contributed by atoms with Crippen molar-refractivity contribution in [1.82, 2.24) is 5.32 Å². The van der Waals surface area contributed by atoms with Crippen LogP contribution in [0.5, 0.6) is 0 Å². The summed E-state index contributed by atoms with van der Waals surface area (Å²) in [5, 5.41) is 3.65. The Morgan fingerprint density at radius 3 is 3.00 bits per heavy atom. The first-order valence-electron chi connectivity index (χ1n) is 3.41. The third kappa shape index (κ3) is 3.05. The number of alkyl halides is 2. The minimum absolute atomic E-state index is 0.293. The molecule has 2 nitrogen and oxygen atoms in total. The largest absolute Gasteiger partial charge is 0.359 e. The lowest BCUT2D eigenvalue weighted by molar-refractivity contribution is 0.152. The van der Waals surface area contributed by atoms with E-state index < -0.39 is 6.43 Å². The molecule has 0 aliphatic carbocycles. The zero-order valence-electron chi connectivity index (χ0n) is 6.18. The lowest BCUT2D eigenvalue weighted by atomic mass is 10.5. The van der Waals surface area contributed by atoms with Crippen LogP contribution in [-0.2, 0) is 0 Å². The Kier molecular flexibility index (Phi) is 3.11. The summed E-state index contributed by atoms with van der Waals surface area (Å²) in [6.45, 7) is 2.46. The van der Waals surface area contributed by atoms with Gasteiger partial charge in [-0.25, -0.2) is 8.78 Å². The number of rotatable bonds is 2. The van der Waals surface area contributed by atoms with Gasteiger partial charge in [-0.3, -0.25) is 4.99 Å². The molecule has 0 bridgehead atoms. The fourth-order valence-electron chi connectivity index (χ4n) is 0.739. The van der Waals surface area contributed by atoms with Crippen LogP contribution in [0.4, 0.5) is 8.78 Å². The minimum atomic E-state index is -2.30. The fraction of sp³-hybridized carbons (Fsp3) is 0.833. The van der Waals surface area contributed by atoms with Gasteiger partial charge in [0.1, 0.15) is 0 Å². The number of halogens is 2. The summed E-state index contributed by atoms with van der Waals surface area (Å²) < 4.78 is 23.3. The number of hydrogen-bond donors (Lipinski definition) is 1. The molecule has 11 heavy (non-hydrogen) atoms. The first kappa shape index (κ1) is 8.77. The van der Waals surface area contributed by atoms with Gasteiger partial charge in [-0.2, -0.15) is 0 Å². The standard InChI is InChI=1S/C6H10F2N2S/c1-4-2-9-6(11-4)10-3-5(7)8/h4-5H,2-3H2,1H3,(H,9,10). The zero-order chi connectivity index (χ0) is 8.27. The molecule has 1 unspecified atom stereocenters. The summed E-state index contributed by atoms with van der Waals surface area (Å²) in [5.74, 6) is 0. The lowest BCUT2D eigenvalue weighted by Crippen LogP contribution is -2.25. The molecule has 0 fully saturated rings. The predicted molar refractivity (Wildman–Crippen MR) is 43.4 cm³/mol. The van der Waals surface area contributed by atoms with E-state index in [2.05, 4.69) is 10.3 Å². The maximum absolute atomic E-state index is 11.7. The lowest BCUT2D eigenvalue weighted by Gasteiger charge is -2.03. The molecule has 0 radical (unpaired) electrons. The Morgan fingerprint density at radius 2 is 2.55 bits per heavy atom. The van der Waals surface area contributed by atoms with Crippen molar-refractivity contribution < 1.29 is 8.78 Å². The van der Waals surface area contributed by atoms with E-state index in [1.54, 1.807) is 0 Å². The second kappa shape index (κ2) is 3.90. The van der Waals surface area contributed by atoms with Crippen LogP contribution in [0.3, 0.4) is 0 Å². The van der Waals surface area contributed by atoms with Crippen LogP contribution in [0.25, 0.3) is 0 Å². The van der Waals surface area contributed by atoms with Gasteiger partial charge >= 0.3 is 0 Å². The molecule has 1 heterocycles. The molecule has 5 heteroatoms. The van der Waals surface area contributed by atoms with Gasteiger partial charge in [0, 0.05) is 5.25 Å². The van der Waals surface area contributed by atoms with E-state index in [-0.39, 0.29) is 6.54 Å². The molecule has 1 N–H and O–H groups in total. The van der Waals surface area contributed by atoms with Crippen LogP contribution in [0.15, 0.2) is 4.99 Å². The van der Waals surface area contributed by atoms with E-state index in [9.17, 15) is 8.78 Å². The van der Waals surface area contributed by atoms with Gasteiger partial charge in [0.25, 0.3) is 6.43 Å². The minimum Gasteiger partial charge on any atom is -0.359 e. The Morgan fingerprint density at radius 1 is 1.82 bits per heavy atom. The third-order valence-corrected chi connectivity index (χ3v) is 2.26. The summed E-state index contributed by atoms with van der Waals surface area (Å²) in [4.78, 5) is 4.02. The van der Waals surface area contributed by atoms with Crippen molar-refractivity contribution in [3.63, 3.8) is 0 Å². The SMILES string of the molecule is CC1CN=C(NCC(F)F)S1. The summed E-state index contributed by atoms with van der Waals surface area (Å²) in [6, 6.07) is 0. The highest BCUT2D eigenvalue weighted by molar-refractivity contribution is 8.14. The van der Waals surface area contributed by atoms with Crippen molar-refractivity contribution >= 4 is 16.9 Å². The van der Waals surface area contributed by atoms with Gasteiger partial charge in [0.05, 0.1) is 13.1 Å². The molecule has 0 saturated heterocycles. The van der Waals surface area contributed by atoms with E-state index >= 15 is 0 Å². The quantitative estimate of drug-likeness (QED) is 0.693. The molecule has 64 valence electrons. The first-order valence-corrected chi connectivity index (χ1v) is 4.29. The highest BCUT2D eigenvalue weighted by Crippen LogP contribution is 2.18. The van der Waals surface area contributed by atoms with Gasteiger partial charge in [-0.05, 0) is 0 Å². The van der Waals surface area contributed by atoms with Crippen LogP contribution >= 0.6 is 11.8 Å². The van der Waals surface area contributed by atoms with Gasteiger partial charge in [-0.1, -0.05) is 18.7 Å². The first-order chi connectivity index (χ1) is 5.18. The normalized spacial score (nSPS) is 24.0. The molecule has 0 amide bonds. The fourth-order valence-corrected chi connectivity index (χ4v) is 1.58. The highest BCUT2D eigenvalue weighted by atomic mass is 32.2. The van der Waals surface area contributed by atoms with Crippen LogP contribution < -0.4 is 5.32 Å². The molecule has 1 aliphatic rings. The van der Waals surface area contributed by atoms with Gasteiger partial charge in [0.2, 0.25) is 0 Å². The van der Waals surface area contributed by atoms with Crippen LogP contribution in [0, 0.1) is 0 Å². The number of thioether (sulfide) groups is 1. The number of amidine groups is 1. The summed E-state index contributed by atoms with van der Waals surface area (Å²) >= 11 is 1.51. The smallest absolute Gasteiger partial charge is 0.255 e. The maximum Gasteiger partial charge on any atom is 0.255 e. The molecule has 0 aromatic heterocycles. The van der Waals surface area contributed by atoms with Crippen LogP contribution in [-0.4, -0.2) is 29.9 Å².